The number of rotatable bonds is 4. The van der Waals surface area contributed by atoms with Gasteiger partial charge in [0.05, 0.1) is 10.5 Å². The van der Waals surface area contributed by atoms with Crippen LogP contribution in [0.2, 0.25) is 0 Å². The van der Waals surface area contributed by atoms with E-state index in [1.165, 1.54) is 0 Å². The van der Waals surface area contributed by atoms with E-state index in [4.69, 9.17) is 10.2 Å². The molecule has 0 aliphatic carbocycles. The first-order valence-electron chi connectivity index (χ1n) is 4.22. The van der Waals surface area contributed by atoms with Crippen LogP contribution in [-0.2, 0) is 4.79 Å². The molecule has 8 heteroatoms. The second-order valence-electron chi connectivity index (χ2n) is 3.06. The Morgan fingerprint density at radius 2 is 2.12 bits per heavy atom. The van der Waals surface area contributed by atoms with E-state index in [-0.39, 0.29) is 6.29 Å². The van der Waals surface area contributed by atoms with Gasteiger partial charge < -0.3 is 10.2 Å². The fraction of sp³-hybridized carbons (Fsp3) is 0.111. The highest BCUT2D eigenvalue weighted by molar-refractivity contribution is 5.83. The summed E-state index contributed by atoms with van der Waals surface area (Å²) >= 11 is 0. The molecule has 7 nitrogen and oxygen atoms in total. The predicted molar refractivity (Wildman–Crippen MR) is 51.0 cm³/mol. The van der Waals surface area contributed by atoms with Crippen LogP contribution in [0.25, 0.3) is 0 Å². The molecule has 1 aromatic rings. The van der Waals surface area contributed by atoms with Crippen molar-refractivity contribution in [1.82, 2.24) is 0 Å². The van der Waals surface area contributed by atoms with Crippen molar-refractivity contribution < 1.29 is 29.1 Å². The molecular weight excluding hydrogens is 237 g/mol. The van der Waals surface area contributed by atoms with Gasteiger partial charge in [-0.2, -0.15) is 4.39 Å². The Balaban J connectivity index is 3.42. The lowest BCUT2D eigenvalue weighted by atomic mass is 10.0. The molecule has 2 N–H and O–H groups in total. The Kier molecular flexibility index (Phi) is 3.49. The number of hydrogen-bond donors (Lipinski definition) is 2. The van der Waals surface area contributed by atoms with Gasteiger partial charge in [0.1, 0.15) is 0 Å². The van der Waals surface area contributed by atoms with Crippen LogP contribution in [-0.4, -0.2) is 27.4 Å². The molecule has 0 aromatic heterocycles. The molecule has 0 fully saturated rings. The number of nitro benzene ring substituents is 1. The average Bonchev–Trinajstić information content (AvgIpc) is 2.25. The van der Waals surface area contributed by atoms with Gasteiger partial charge in [0.25, 0.3) is 0 Å². The summed E-state index contributed by atoms with van der Waals surface area (Å²) in [6.07, 6.45) is -2.04. The lowest BCUT2D eigenvalue weighted by Crippen LogP contribution is -2.12. The molecule has 1 unspecified atom stereocenters. The summed E-state index contributed by atoms with van der Waals surface area (Å²) in [5.41, 5.74) is -2.13. The van der Waals surface area contributed by atoms with Gasteiger partial charge in [0, 0.05) is 0 Å². The number of halogens is 1. The first kappa shape index (κ1) is 12.7. The number of aliphatic hydroxyl groups excluding tert-OH is 1. The topological polar surface area (TPSA) is 118 Å². The Morgan fingerprint density at radius 1 is 1.53 bits per heavy atom. The van der Waals surface area contributed by atoms with Crippen molar-refractivity contribution in [1.29, 1.82) is 0 Å². The van der Waals surface area contributed by atoms with Crippen molar-refractivity contribution in [2.45, 2.75) is 6.10 Å². The first-order valence-corrected chi connectivity index (χ1v) is 4.22. The van der Waals surface area contributed by atoms with Crippen molar-refractivity contribution in [2.24, 2.45) is 0 Å². The number of nitro groups is 1. The molecule has 1 atom stereocenters. The van der Waals surface area contributed by atoms with Crippen LogP contribution in [0.1, 0.15) is 22.0 Å². The highest BCUT2D eigenvalue weighted by atomic mass is 19.1. The minimum absolute atomic E-state index is 0.0132. The normalized spacial score (nSPS) is 11.9. The van der Waals surface area contributed by atoms with Gasteiger partial charge in [-0.15, -0.1) is 0 Å². The van der Waals surface area contributed by atoms with E-state index in [1.54, 1.807) is 0 Å². The van der Waals surface area contributed by atoms with Crippen LogP contribution in [0.4, 0.5) is 10.1 Å². The van der Waals surface area contributed by atoms with Gasteiger partial charge >= 0.3 is 11.7 Å². The Bertz CT molecular complexity index is 501. The maximum absolute atomic E-state index is 13.3. The third-order valence-corrected chi connectivity index (χ3v) is 1.97. The van der Waals surface area contributed by atoms with Gasteiger partial charge in [-0.05, 0) is 17.7 Å². The average molecular weight is 243 g/mol. The minimum Gasteiger partial charge on any atom is -0.479 e. The third kappa shape index (κ3) is 2.42. The highest BCUT2D eigenvalue weighted by Crippen LogP contribution is 2.26. The summed E-state index contributed by atoms with van der Waals surface area (Å²) in [6, 6.07) is 1.26. The van der Waals surface area contributed by atoms with Gasteiger partial charge in [0.15, 0.2) is 12.4 Å². The van der Waals surface area contributed by atoms with E-state index < -0.39 is 39.6 Å². The number of carbonyl (C=O) groups excluding carboxylic acids is 1. The maximum atomic E-state index is 13.3. The number of nitrogens with zero attached hydrogens (tertiary/aromatic N) is 1. The van der Waals surface area contributed by atoms with Gasteiger partial charge in [0.2, 0.25) is 5.82 Å². The largest absolute Gasteiger partial charge is 0.479 e. The Morgan fingerprint density at radius 3 is 2.53 bits per heavy atom. The second kappa shape index (κ2) is 4.66. The van der Waals surface area contributed by atoms with E-state index in [1.807, 2.05) is 0 Å². The lowest BCUT2D eigenvalue weighted by molar-refractivity contribution is -0.387. The molecular formula is C9H6FNO6. The second-order valence-corrected chi connectivity index (χ2v) is 3.06. The maximum Gasteiger partial charge on any atom is 0.337 e. The first-order chi connectivity index (χ1) is 7.88. The van der Waals surface area contributed by atoms with Crippen molar-refractivity contribution in [3.63, 3.8) is 0 Å². The standard InChI is InChI=1S/C9H6FNO6/c10-6-2-4(8(13)9(14)15)1-5(3-12)7(6)11(16)17/h1-3,8,13H,(H,14,15). The van der Waals surface area contributed by atoms with E-state index in [2.05, 4.69) is 0 Å². The number of aliphatic hydroxyl groups is 1. The summed E-state index contributed by atoms with van der Waals surface area (Å²) in [4.78, 5) is 30.3. The fourth-order valence-corrected chi connectivity index (χ4v) is 1.23. The monoisotopic (exact) mass is 243 g/mol. The van der Waals surface area contributed by atoms with Crippen LogP contribution in [0.3, 0.4) is 0 Å². The van der Waals surface area contributed by atoms with E-state index in [0.29, 0.717) is 6.07 Å². The molecule has 90 valence electrons. The number of benzene rings is 1. The van der Waals surface area contributed by atoms with Crippen LogP contribution in [0.15, 0.2) is 12.1 Å². The summed E-state index contributed by atoms with van der Waals surface area (Å²) < 4.78 is 13.3. The molecule has 0 saturated heterocycles. The SMILES string of the molecule is O=Cc1cc(C(O)C(=O)O)cc(F)c1[N+](=O)[O-]. The van der Waals surface area contributed by atoms with Crippen LogP contribution < -0.4 is 0 Å². The fourth-order valence-electron chi connectivity index (χ4n) is 1.23. The Labute approximate surface area is 93.3 Å². The third-order valence-electron chi connectivity index (χ3n) is 1.97. The minimum atomic E-state index is -2.05. The molecule has 0 spiro atoms. The summed E-state index contributed by atoms with van der Waals surface area (Å²) in [5.74, 6) is -3.04. The summed E-state index contributed by atoms with van der Waals surface area (Å²) in [6.45, 7) is 0. The number of carboxylic acids is 1. The van der Waals surface area contributed by atoms with E-state index in [9.17, 15) is 24.1 Å². The molecule has 0 amide bonds. The smallest absolute Gasteiger partial charge is 0.337 e. The summed E-state index contributed by atoms with van der Waals surface area (Å²) in [5, 5.41) is 28.0. The van der Waals surface area contributed by atoms with Crippen LogP contribution in [0.5, 0.6) is 0 Å². The van der Waals surface area contributed by atoms with E-state index in [0.717, 1.165) is 6.07 Å². The van der Waals surface area contributed by atoms with Crippen molar-refractivity contribution >= 4 is 17.9 Å². The number of hydrogen-bond acceptors (Lipinski definition) is 5. The van der Waals surface area contributed by atoms with Crippen LogP contribution in [0, 0.1) is 15.9 Å². The van der Waals surface area contributed by atoms with E-state index >= 15 is 0 Å². The number of aliphatic carboxylic acids is 1. The van der Waals surface area contributed by atoms with Crippen molar-refractivity contribution in [3.8, 4) is 0 Å². The zero-order valence-corrected chi connectivity index (χ0v) is 8.16. The number of carbonyl (C=O) groups is 2. The molecule has 0 bridgehead atoms. The zero-order chi connectivity index (χ0) is 13.2. The number of carboxylic acid groups (broad SMARTS) is 1. The lowest BCUT2D eigenvalue weighted by Gasteiger charge is -2.07. The molecule has 0 radical (unpaired) electrons. The van der Waals surface area contributed by atoms with Crippen molar-refractivity contribution in [2.75, 3.05) is 0 Å². The van der Waals surface area contributed by atoms with Crippen molar-refractivity contribution in [3.05, 3.63) is 39.2 Å². The number of aldehydes is 1. The quantitative estimate of drug-likeness (QED) is 0.455. The Hall–Kier alpha value is -2.35. The zero-order valence-electron chi connectivity index (χ0n) is 8.16. The van der Waals surface area contributed by atoms with Crippen LogP contribution >= 0.6 is 0 Å². The molecule has 1 rings (SSSR count). The molecule has 0 heterocycles. The van der Waals surface area contributed by atoms with Gasteiger partial charge in [-0.3, -0.25) is 14.9 Å². The summed E-state index contributed by atoms with van der Waals surface area (Å²) in [7, 11) is 0. The molecule has 1 aromatic carbocycles. The molecule has 0 aliphatic rings. The molecule has 0 aliphatic heterocycles. The van der Waals surface area contributed by atoms with Gasteiger partial charge in [-0.25, -0.2) is 4.79 Å². The van der Waals surface area contributed by atoms with Gasteiger partial charge in [-0.1, -0.05) is 0 Å². The highest BCUT2D eigenvalue weighted by Gasteiger charge is 2.25. The molecule has 17 heavy (non-hydrogen) atoms. The predicted octanol–water partition coefficient (Wildman–Crippen LogP) is 0.664. The molecule has 0 saturated carbocycles.